The van der Waals surface area contributed by atoms with Crippen molar-refractivity contribution in [2.45, 2.75) is 83.6 Å². The SMILES string of the molecule is COCCCn1cc(CN(C(=O)[C@H]2CN(C(=O)OC(C)(C)C)CC[C@@H]2c2cccc(-c3ccc(CN(CCOC)CCOC)cc3)c2)C2CC2)c2ccccc21. The molecular weight excluding hydrogens is 705 g/mol. The highest BCUT2D eigenvalue weighted by molar-refractivity contribution is 5.86. The number of ether oxygens (including phenoxy) is 4. The number of amides is 2. The van der Waals surface area contributed by atoms with Gasteiger partial charge in [0.2, 0.25) is 5.91 Å². The third-order valence-electron chi connectivity index (χ3n) is 11.0. The molecule has 0 spiro atoms. The second kappa shape index (κ2) is 19.3. The summed E-state index contributed by atoms with van der Waals surface area (Å²) >= 11 is 0. The van der Waals surface area contributed by atoms with Crippen molar-refractivity contribution in [1.82, 2.24) is 19.3 Å². The molecule has 2 aliphatic rings. The fourth-order valence-corrected chi connectivity index (χ4v) is 8.00. The summed E-state index contributed by atoms with van der Waals surface area (Å²) in [6.07, 6.45) is 5.44. The minimum atomic E-state index is -0.624. The van der Waals surface area contributed by atoms with Crippen LogP contribution in [0.4, 0.5) is 4.79 Å². The number of fused-ring (bicyclic) bond motifs is 1. The predicted molar refractivity (Wildman–Crippen MR) is 222 cm³/mol. The van der Waals surface area contributed by atoms with Crippen molar-refractivity contribution in [1.29, 1.82) is 0 Å². The van der Waals surface area contributed by atoms with Crippen molar-refractivity contribution in [2.24, 2.45) is 5.92 Å². The average molecular weight is 767 g/mol. The van der Waals surface area contributed by atoms with Gasteiger partial charge in [0.25, 0.3) is 0 Å². The van der Waals surface area contributed by atoms with Crippen LogP contribution in [-0.2, 0) is 43.4 Å². The van der Waals surface area contributed by atoms with Crippen LogP contribution in [0.15, 0.2) is 79.0 Å². The number of hydrogen-bond acceptors (Lipinski definition) is 7. The molecule has 1 saturated heterocycles. The van der Waals surface area contributed by atoms with E-state index in [2.05, 4.69) is 93.4 Å². The Kier molecular flexibility index (Phi) is 14.3. The van der Waals surface area contributed by atoms with Crippen LogP contribution >= 0.6 is 0 Å². The summed E-state index contributed by atoms with van der Waals surface area (Å²) in [4.78, 5) is 34.8. The number of aryl methyl sites for hydroxylation is 1. The van der Waals surface area contributed by atoms with Gasteiger partial charge in [0.1, 0.15) is 5.60 Å². The summed E-state index contributed by atoms with van der Waals surface area (Å²) in [5, 5.41) is 1.18. The van der Waals surface area contributed by atoms with E-state index in [-0.39, 0.29) is 24.0 Å². The highest BCUT2D eigenvalue weighted by Crippen LogP contribution is 2.40. The fourth-order valence-electron chi connectivity index (χ4n) is 8.00. The first-order valence-corrected chi connectivity index (χ1v) is 20.3. The number of methoxy groups -OCH3 is 3. The molecule has 4 aromatic rings. The van der Waals surface area contributed by atoms with Gasteiger partial charge in [0.05, 0.1) is 19.1 Å². The molecule has 0 unspecified atom stereocenters. The number of rotatable bonds is 18. The summed E-state index contributed by atoms with van der Waals surface area (Å²) in [6, 6.07) is 26.1. The highest BCUT2D eigenvalue weighted by Gasteiger charge is 2.43. The van der Waals surface area contributed by atoms with Crippen LogP contribution in [0.2, 0.25) is 0 Å². The van der Waals surface area contributed by atoms with Gasteiger partial charge in [-0.25, -0.2) is 4.79 Å². The van der Waals surface area contributed by atoms with Crippen LogP contribution in [-0.4, -0.2) is 110 Å². The topological polar surface area (TPSA) is 85.7 Å². The van der Waals surface area contributed by atoms with E-state index in [9.17, 15) is 4.79 Å². The normalized spacial score (nSPS) is 17.4. The van der Waals surface area contributed by atoms with Crippen LogP contribution in [0, 0.1) is 5.92 Å². The largest absolute Gasteiger partial charge is 0.444 e. The lowest BCUT2D eigenvalue weighted by atomic mass is 9.79. The number of likely N-dealkylation sites (tertiary alicyclic amines) is 1. The van der Waals surface area contributed by atoms with Gasteiger partial charge in [-0.1, -0.05) is 66.7 Å². The summed E-state index contributed by atoms with van der Waals surface area (Å²) in [7, 11) is 5.20. The molecule has 10 nitrogen and oxygen atoms in total. The Labute approximate surface area is 333 Å². The molecule has 56 heavy (non-hydrogen) atoms. The molecule has 1 saturated carbocycles. The second-order valence-electron chi connectivity index (χ2n) is 16.4. The summed E-state index contributed by atoms with van der Waals surface area (Å²) < 4.78 is 24.1. The zero-order valence-corrected chi connectivity index (χ0v) is 34.4. The lowest BCUT2D eigenvalue weighted by Crippen LogP contribution is -2.51. The Bertz CT molecular complexity index is 1870. The zero-order valence-electron chi connectivity index (χ0n) is 34.4. The molecular formula is C46H62N4O6. The van der Waals surface area contributed by atoms with E-state index in [0.717, 1.165) is 67.7 Å². The maximum Gasteiger partial charge on any atom is 0.410 e. The molecule has 2 fully saturated rings. The van der Waals surface area contributed by atoms with Crippen molar-refractivity contribution in [3.8, 4) is 11.1 Å². The summed E-state index contributed by atoms with van der Waals surface area (Å²) in [6.45, 7) is 12.4. The van der Waals surface area contributed by atoms with Crippen molar-refractivity contribution in [2.75, 3.05) is 67.3 Å². The number of hydrogen-bond donors (Lipinski definition) is 0. The average Bonchev–Trinajstić information content (AvgIpc) is 3.99. The van der Waals surface area contributed by atoms with Crippen molar-refractivity contribution < 1.29 is 28.5 Å². The van der Waals surface area contributed by atoms with Crippen molar-refractivity contribution >= 4 is 22.9 Å². The van der Waals surface area contributed by atoms with Gasteiger partial charge in [0.15, 0.2) is 0 Å². The van der Waals surface area contributed by atoms with Gasteiger partial charge in [-0.05, 0) is 86.3 Å². The molecule has 302 valence electrons. The van der Waals surface area contributed by atoms with Crippen molar-refractivity contribution in [3.05, 3.63) is 95.7 Å². The second-order valence-corrected chi connectivity index (χ2v) is 16.4. The maximum absolute atomic E-state index is 15.1. The number of para-hydroxylation sites is 1. The van der Waals surface area contributed by atoms with Gasteiger partial charge < -0.3 is 33.3 Å². The monoisotopic (exact) mass is 766 g/mol. The van der Waals surface area contributed by atoms with Crippen LogP contribution in [0.1, 0.15) is 69.1 Å². The number of carbonyl (C=O) groups is 2. The van der Waals surface area contributed by atoms with Crippen LogP contribution < -0.4 is 0 Å². The first-order valence-electron chi connectivity index (χ1n) is 20.3. The molecule has 2 atom stereocenters. The van der Waals surface area contributed by atoms with Gasteiger partial charge in [-0.15, -0.1) is 0 Å². The number of nitrogens with zero attached hydrogens (tertiary/aromatic N) is 4. The Morgan fingerprint density at radius 1 is 0.804 bits per heavy atom. The van der Waals surface area contributed by atoms with E-state index in [1.807, 2.05) is 20.8 Å². The molecule has 2 heterocycles. The molecule has 2 amide bonds. The van der Waals surface area contributed by atoms with Crippen molar-refractivity contribution in [3.63, 3.8) is 0 Å². The molecule has 6 rings (SSSR count). The van der Waals surface area contributed by atoms with E-state index >= 15 is 4.79 Å². The third-order valence-corrected chi connectivity index (χ3v) is 11.0. The number of piperidine rings is 1. The first-order chi connectivity index (χ1) is 27.1. The van der Waals surface area contributed by atoms with Gasteiger partial charge in [0, 0.05) is 96.9 Å². The minimum absolute atomic E-state index is 0.0489. The first kappa shape index (κ1) is 41.4. The Balaban J connectivity index is 1.26. The van der Waals surface area contributed by atoms with E-state index in [1.165, 1.54) is 16.5 Å². The smallest absolute Gasteiger partial charge is 0.410 e. The van der Waals surface area contributed by atoms with Gasteiger partial charge in [-0.3, -0.25) is 9.69 Å². The Morgan fingerprint density at radius 3 is 2.20 bits per heavy atom. The quantitative estimate of drug-likeness (QED) is 0.0951. The molecule has 0 radical (unpaired) electrons. The van der Waals surface area contributed by atoms with E-state index in [1.54, 1.807) is 26.2 Å². The standard InChI is InChI=1S/C46H62N4O6/c1-46(2,3)56-45(52)49-23-21-40(37-12-9-11-36(29-37)35-17-15-34(16-18-35)30-47(24-27-54-5)25-28-55-6)42(33-49)44(51)50(39-19-20-39)32-38-31-48(22-10-26-53-4)43-14-8-7-13-41(38)43/h7-9,11-18,29,31,39-40,42H,10,19-28,30,32-33H2,1-6H3/t40-,42+/m1/s1. The molecule has 3 aromatic carbocycles. The maximum atomic E-state index is 15.1. The number of aromatic nitrogens is 1. The lowest BCUT2D eigenvalue weighted by molar-refractivity contribution is -0.139. The molecule has 1 aliphatic carbocycles. The van der Waals surface area contributed by atoms with E-state index in [0.29, 0.717) is 45.9 Å². The Morgan fingerprint density at radius 2 is 1.52 bits per heavy atom. The van der Waals surface area contributed by atoms with Gasteiger partial charge >= 0.3 is 6.09 Å². The highest BCUT2D eigenvalue weighted by atomic mass is 16.6. The van der Waals surface area contributed by atoms with E-state index < -0.39 is 11.5 Å². The Hall–Kier alpha value is -4.22. The van der Waals surface area contributed by atoms with Crippen LogP contribution in [0.3, 0.4) is 0 Å². The number of carbonyl (C=O) groups excluding carboxylic acids is 2. The molecule has 0 bridgehead atoms. The van der Waals surface area contributed by atoms with Crippen LogP contribution in [0.5, 0.6) is 0 Å². The number of benzene rings is 3. The molecule has 10 heteroatoms. The summed E-state index contributed by atoms with van der Waals surface area (Å²) in [5.41, 5.74) is 6.31. The fraction of sp³-hybridized carbons (Fsp3) is 0.522. The molecule has 1 aromatic heterocycles. The van der Waals surface area contributed by atoms with Crippen LogP contribution in [0.25, 0.3) is 22.0 Å². The molecule has 1 aliphatic heterocycles. The summed E-state index contributed by atoms with van der Waals surface area (Å²) in [5.74, 6) is -0.342. The zero-order chi connectivity index (χ0) is 39.7. The minimum Gasteiger partial charge on any atom is -0.444 e. The van der Waals surface area contributed by atoms with E-state index in [4.69, 9.17) is 18.9 Å². The third kappa shape index (κ3) is 10.8. The lowest BCUT2D eigenvalue weighted by Gasteiger charge is -2.40. The molecule has 0 N–H and O–H groups in total. The predicted octanol–water partition coefficient (Wildman–Crippen LogP) is 7.97. The van der Waals surface area contributed by atoms with Gasteiger partial charge in [-0.2, -0.15) is 0 Å².